The molecule has 1 unspecified atom stereocenters. The van der Waals surface area contributed by atoms with Crippen molar-refractivity contribution < 1.29 is 0 Å². The average molecular weight is 136 g/mol. The van der Waals surface area contributed by atoms with Crippen LogP contribution in [0.4, 0.5) is 0 Å². The fourth-order valence-electron chi connectivity index (χ4n) is 1.78. The van der Waals surface area contributed by atoms with E-state index in [1.54, 1.807) is 11.0 Å². The molecule has 0 saturated heterocycles. The highest BCUT2D eigenvalue weighted by Gasteiger charge is 2.13. The molecule has 0 bridgehead atoms. The molecule has 1 aliphatic carbocycles. The summed E-state index contributed by atoms with van der Waals surface area (Å²) in [6, 6.07) is 0. The maximum atomic E-state index is 2.36. The van der Waals surface area contributed by atoms with Gasteiger partial charge in [-0.2, -0.15) is 0 Å². The van der Waals surface area contributed by atoms with Crippen LogP contribution in [0, 0.1) is 5.92 Å². The molecule has 0 radical (unpaired) electrons. The fraction of sp³-hybridized carbons (Fsp3) is 0.778. The van der Waals surface area contributed by atoms with Gasteiger partial charge in [0.15, 0.2) is 0 Å². The van der Waals surface area contributed by atoms with Crippen molar-refractivity contribution in [3.63, 3.8) is 0 Å². The van der Waals surface area contributed by atoms with E-state index in [0.29, 0.717) is 0 Å². The molecule has 0 aliphatic heterocycles. The number of rotatable bonds is 1. The van der Waals surface area contributed by atoms with Gasteiger partial charge in [0.1, 0.15) is 7.28 Å². The normalized spacial score (nSPS) is 26.9. The van der Waals surface area contributed by atoms with Crippen molar-refractivity contribution in [2.45, 2.75) is 39.9 Å². The van der Waals surface area contributed by atoms with Crippen LogP contribution >= 0.6 is 0 Å². The van der Waals surface area contributed by atoms with Gasteiger partial charge in [-0.3, -0.25) is 0 Å². The smallest absolute Gasteiger partial charge is 0.107 e. The highest BCUT2D eigenvalue weighted by molar-refractivity contribution is 6.43. The highest BCUT2D eigenvalue weighted by Crippen LogP contribution is 2.27. The van der Waals surface area contributed by atoms with Crippen molar-refractivity contribution in [3.05, 3.63) is 11.0 Å². The Morgan fingerprint density at radius 3 is 2.70 bits per heavy atom. The Morgan fingerprint density at radius 1 is 1.50 bits per heavy atom. The standard InChI is InChI=1S/C9H17B/c1-7-4-5-8(2)9(6-7)10-3/h7,10H,4-6H2,1-3H3. The van der Waals surface area contributed by atoms with Crippen LogP contribution in [-0.4, -0.2) is 7.28 Å². The van der Waals surface area contributed by atoms with Crippen LogP contribution in [0.5, 0.6) is 0 Å². The molecule has 1 aliphatic rings. The summed E-state index contributed by atoms with van der Waals surface area (Å²) in [6.07, 6.45) is 4.13. The molecule has 1 rings (SSSR count). The van der Waals surface area contributed by atoms with Gasteiger partial charge in [0.2, 0.25) is 0 Å². The molecule has 0 aromatic carbocycles. The molecule has 0 amide bonds. The number of hydrogen-bond donors (Lipinski definition) is 0. The Bertz CT molecular complexity index is 147. The minimum absolute atomic E-state index is 0.943. The molecule has 0 heterocycles. The number of allylic oxidation sites excluding steroid dienone is 2. The van der Waals surface area contributed by atoms with Crippen molar-refractivity contribution in [1.29, 1.82) is 0 Å². The molecule has 0 saturated carbocycles. The topological polar surface area (TPSA) is 0 Å². The van der Waals surface area contributed by atoms with Crippen LogP contribution < -0.4 is 0 Å². The third-order valence-electron chi connectivity index (χ3n) is 2.64. The summed E-state index contributed by atoms with van der Waals surface area (Å²) in [4.78, 5) is 0. The third-order valence-corrected chi connectivity index (χ3v) is 2.64. The summed E-state index contributed by atoms with van der Waals surface area (Å²) in [5, 5.41) is 0. The summed E-state index contributed by atoms with van der Waals surface area (Å²) in [5.74, 6) is 0.943. The van der Waals surface area contributed by atoms with Crippen LogP contribution in [0.3, 0.4) is 0 Å². The van der Waals surface area contributed by atoms with Crippen molar-refractivity contribution in [2.24, 2.45) is 5.92 Å². The van der Waals surface area contributed by atoms with E-state index in [-0.39, 0.29) is 0 Å². The van der Waals surface area contributed by atoms with E-state index >= 15 is 0 Å². The van der Waals surface area contributed by atoms with E-state index in [0.717, 1.165) is 5.92 Å². The predicted octanol–water partition coefficient (Wildman–Crippen LogP) is 2.57. The lowest BCUT2D eigenvalue weighted by Gasteiger charge is -2.21. The van der Waals surface area contributed by atoms with Gasteiger partial charge >= 0.3 is 0 Å². The van der Waals surface area contributed by atoms with E-state index < -0.39 is 0 Å². The van der Waals surface area contributed by atoms with Gasteiger partial charge in [-0.15, -0.1) is 5.47 Å². The van der Waals surface area contributed by atoms with Gasteiger partial charge in [0.25, 0.3) is 0 Å². The van der Waals surface area contributed by atoms with E-state index in [1.165, 1.54) is 26.5 Å². The minimum Gasteiger partial charge on any atom is -0.107 e. The Morgan fingerprint density at radius 2 is 2.20 bits per heavy atom. The second-order valence-electron chi connectivity index (χ2n) is 3.59. The zero-order valence-electron chi connectivity index (χ0n) is 7.41. The molecule has 0 fully saturated rings. The van der Waals surface area contributed by atoms with Crippen LogP contribution in [0.2, 0.25) is 6.82 Å². The molecular weight excluding hydrogens is 119 g/mol. The Labute approximate surface area is 65.0 Å². The molecule has 10 heavy (non-hydrogen) atoms. The zero-order valence-corrected chi connectivity index (χ0v) is 7.41. The minimum atomic E-state index is 0.943. The van der Waals surface area contributed by atoms with Crippen LogP contribution in [0.15, 0.2) is 11.0 Å². The second kappa shape index (κ2) is 3.27. The quantitative estimate of drug-likeness (QED) is 0.486. The van der Waals surface area contributed by atoms with Crippen molar-refractivity contribution in [2.75, 3.05) is 0 Å². The summed E-state index contributed by atoms with van der Waals surface area (Å²) in [7, 11) is 1.27. The molecular formula is C9H17B. The van der Waals surface area contributed by atoms with E-state index in [2.05, 4.69) is 20.7 Å². The molecule has 0 N–H and O–H groups in total. The maximum Gasteiger partial charge on any atom is 0.149 e. The largest absolute Gasteiger partial charge is 0.149 e. The predicted molar refractivity (Wildman–Crippen MR) is 48.7 cm³/mol. The zero-order chi connectivity index (χ0) is 7.56. The second-order valence-corrected chi connectivity index (χ2v) is 3.59. The average Bonchev–Trinajstić information content (AvgIpc) is 1.94. The van der Waals surface area contributed by atoms with E-state index in [1.807, 2.05) is 0 Å². The molecule has 0 aromatic rings. The summed E-state index contributed by atoms with van der Waals surface area (Å²) >= 11 is 0. The summed E-state index contributed by atoms with van der Waals surface area (Å²) in [5.41, 5.74) is 3.39. The molecule has 1 atom stereocenters. The summed E-state index contributed by atoms with van der Waals surface area (Å²) in [6.45, 7) is 6.93. The first-order chi connectivity index (χ1) is 4.74. The molecule has 0 spiro atoms. The highest BCUT2D eigenvalue weighted by atomic mass is 14.1. The molecule has 56 valence electrons. The molecule has 0 aromatic heterocycles. The van der Waals surface area contributed by atoms with Crippen molar-refractivity contribution >= 4 is 7.28 Å². The first-order valence-electron chi connectivity index (χ1n) is 4.41. The summed E-state index contributed by atoms with van der Waals surface area (Å²) < 4.78 is 0. The van der Waals surface area contributed by atoms with Crippen LogP contribution in [0.1, 0.15) is 33.1 Å². The fourth-order valence-corrected chi connectivity index (χ4v) is 1.78. The lowest BCUT2D eigenvalue weighted by atomic mass is 9.64. The SMILES string of the molecule is CBC1=C(C)CCC(C)C1. The maximum absolute atomic E-state index is 2.36. The first kappa shape index (κ1) is 7.91. The van der Waals surface area contributed by atoms with Crippen molar-refractivity contribution in [3.8, 4) is 0 Å². The van der Waals surface area contributed by atoms with E-state index in [4.69, 9.17) is 0 Å². The van der Waals surface area contributed by atoms with Crippen LogP contribution in [-0.2, 0) is 0 Å². The van der Waals surface area contributed by atoms with Gasteiger partial charge in [-0.05, 0) is 32.1 Å². The van der Waals surface area contributed by atoms with Gasteiger partial charge in [-0.25, -0.2) is 0 Å². The molecule has 1 heteroatoms. The first-order valence-corrected chi connectivity index (χ1v) is 4.41. The Kier molecular flexibility index (Phi) is 2.59. The third kappa shape index (κ3) is 1.65. The van der Waals surface area contributed by atoms with Crippen molar-refractivity contribution in [1.82, 2.24) is 0 Å². The monoisotopic (exact) mass is 136 g/mol. The molecule has 0 nitrogen and oxygen atoms in total. The lowest BCUT2D eigenvalue weighted by molar-refractivity contribution is 0.507. The Balaban J connectivity index is 2.62. The van der Waals surface area contributed by atoms with Gasteiger partial charge in [0, 0.05) is 0 Å². The number of hydrogen-bond acceptors (Lipinski definition) is 0. The van der Waals surface area contributed by atoms with E-state index in [9.17, 15) is 0 Å². The van der Waals surface area contributed by atoms with Gasteiger partial charge < -0.3 is 0 Å². The Hall–Kier alpha value is -0.195. The van der Waals surface area contributed by atoms with Crippen LogP contribution in [0.25, 0.3) is 0 Å². The van der Waals surface area contributed by atoms with Gasteiger partial charge in [0.05, 0.1) is 0 Å². The van der Waals surface area contributed by atoms with Gasteiger partial charge in [-0.1, -0.05) is 19.3 Å². The lowest BCUT2D eigenvalue weighted by Crippen LogP contribution is -2.09.